The number of hydrogen-bond donors (Lipinski definition) is 1. The summed E-state index contributed by atoms with van der Waals surface area (Å²) in [6.45, 7) is 3.74. The van der Waals surface area contributed by atoms with Gasteiger partial charge in [-0.2, -0.15) is 0 Å². The van der Waals surface area contributed by atoms with Gasteiger partial charge in [0.2, 0.25) is 0 Å². The number of hydrogen-bond acceptors (Lipinski definition) is 3. The molecule has 3 unspecified atom stereocenters. The summed E-state index contributed by atoms with van der Waals surface area (Å²) in [5.74, 6) is 0.160. The normalized spacial score (nSPS) is 24.3. The highest BCUT2D eigenvalue weighted by Crippen LogP contribution is 2.43. The average Bonchev–Trinajstić information content (AvgIpc) is 2.75. The number of aryl methyl sites for hydroxylation is 1. The highest BCUT2D eigenvalue weighted by molar-refractivity contribution is 5.29. The van der Waals surface area contributed by atoms with Crippen molar-refractivity contribution in [3.8, 4) is 0 Å². The highest BCUT2D eigenvalue weighted by Gasteiger charge is 2.43. The van der Waals surface area contributed by atoms with Crippen molar-refractivity contribution in [2.45, 2.75) is 70.2 Å². The maximum Gasteiger partial charge on any atom is 0.0938 e. The Balaban J connectivity index is 1.66. The van der Waals surface area contributed by atoms with Crippen molar-refractivity contribution < 1.29 is 9.84 Å². The fraction of sp³-hybridized carbons (Fsp3) is 0.556. The van der Waals surface area contributed by atoms with Crippen molar-refractivity contribution in [1.82, 2.24) is 4.90 Å². The topological polar surface area (TPSA) is 32.7 Å². The van der Waals surface area contributed by atoms with Crippen LogP contribution in [-0.2, 0) is 23.4 Å². The van der Waals surface area contributed by atoms with Crippen molar-refractivity contribution in [2.75, 3.05) is 20.6 Å². The van der Waals surface area contributed by atoms with E-state index in [4.69, 9.17) is 4.74 Å². The zero-order chi connectivity index (χ0) is 21.4. The first-order valence-corrected chi connectivity index (χ1v) is 11.6. The molecule has 1 N–H and O–H groups in total. The molecule has 2 aromatic carbocycles. The molecule has 3 atom stereocenters. The molecule has 1 saturated carbocycles. The summed E-state index contributed by atoms with van der Waals surface area (Å²) in [6, 6.07) is 19.1. The summed E-state index contributed by atoms with van der Waals surface area (Å²) in [7, 11) is 4.18. The Kier molecular flexibility index (Phi) is 8.50. The molecular formula is C27H39NO2. The SMILES string of the molecule is CCCCCc1ccc(C2(O)CCC(OCc3ccccc3)CC2CN(C)C)cc1. The Morgan fingerprint density at radius 2 is 1.73 bits per heavy atom. The molecule has 1 aliphatic rings. The molecule has 0 aliphatic heterocycles. The molecule has 30 heavy (non-hydrogen) atoms. The minimum Gasteiger partial charge on any atom is -0.385 e. The van der Waals surface area contributed by atoms with Gasteiger partial charge >= 0.3 is 0 Å². The largest absolute Gasteiger partial charge is 0.385 e. The highest BCUT2D eigenvalue weighted by atomic mass is 16.5. The van der Waals surface area contributed by atoms with Crippen LogP contribution in [0.5, 0.6) is 0 Å². The van der Waals surface area contributed by atoms with Crippen LogP contribution in [0.2, 0.25) is 0 Å². The summed E-state index contributed by atoms with van der Waals surface area (Å²) in [6.07, 6.45) is 7.63. The van der Waals surface area contributed by atoms with Gasteiger partial charge in [-0.05, 0) is 62.9 Å². The molecule has 0 radical (unpaired) electrons. The van der Waals surface area contributed by atoms with Gasteiger partial charge in [-0.3, -0.25) is 0 Å². The van der Waals surface area contributed by atoms with Crippen molar-refractivity contribution in [3.63, 3.8) is 0 Å². The second-order valence-corrected chi connectivity index (χ2v) is 9.23. The van der Waals surface area contributed by atoms with Crippen LogP contribution in [0.3, 0.4) is 0 Å². The van der Waals surface area contributed by atoms with Crippen molar-refractivity contribution >= 4 is 0 Å². The third-order valence-corrected chi connectivity index (χ3v) is 6.51. The standard InChI is InChI=1S/C27H39NO2/c1-4-5-7-10-22-13-15-24(16-14-22)27(29)18-17-26(19-25(27)20-28(2)3)30-21-23-11-8-6-9-12-23/h6,8-9,11-16,25-26,29H,4-5,7,10,17-21H2,1-3H3. The zero-order valence-electron chi connectivity index (χ0n) is 19.0. The lowest BCUT2D eigenvalue weighted by atomic mass is 9.70. The van der Waals surface area contributed by atoms with Gasteiger partial charge in [-0.1, -0.05) is 74.4 Å². The van der Waals surface area contributed by atoms with E-state index in [1.807, 2.05) is 6.07 Å². The summed E-state index contributed by atoms with van der Waals surface area (Å²) >= 11 is 0. The molecule has 0 bridgehead atoms. The van der Waals surface area contributed by atoms with Gasteiger partial charge in [0.05, 0.1) is 18.3 Å². The first kappa shape index (κ1) is 23.0. The lowest BCUT2D eigenvalue weighted by Gasteiger charge is -2.44. The van der Waals surface area contributed by atoms with Crippen LogP contribution >= 0.6 is 0 Å². The zero-order valence-corrected chi connectivity index (χ0v) is 19.0. The number of ether oxygens (including phenoxy) is 1. The predicted octanol–water partition coefficient (Wildman–Crippen LogP) is 5.55. The number of benzene rings is 2. The quantitative estimate of drug-likeness (QED) is 0.522. The molecule has 0 saturated heterocycles. The Morgan fingerprint density at radius 3 is 2.40 bits per heavy atom. The van der Waals surface area contributed by atoms with E-state index in [1.54, 1.807) is 0 Å². The minimum atomic E-state index is -0.779. The molecule has 3 heteroatoms. The molecule has 1 aliphatic carbocycles. The molecule has 0 spiro atoms. The van der Waals surface area contributed by atoms with Crippen molar-refractivity contribution in [3.05, 3.63) is 71.3 Å². The lowest BCUT2D eigenvalue weighted by Crippen LogP contribution is -2.46. The van der Waals surface area contributed by atoms with Gasteiger partial charge in [0.1, 0.15) is 0 Å². The fourth-order valence-electron chi connectivity index (χ4n) is 4.74. The van der Waals surface area contributed by atoms with E-state index in [1.165, 1.54) is 30.4 Å². The van der Waals surface area contributed by atoms with E-state index in [-0.39, 0.29) is 12.0 Å². The van der Waals surface area contributed by atoms with Crippen LogP contribution in [0, 0.1) is 5.92 Å². The van der Waals surface area contributed by atoms with Gasteiger partial charge in [0, 0.05) is 12.5 Å². The molecule has 164 valence electrons. The third-order valence-electron chi connectivity index (χ3n) is 6.51. The van der Waals surface area contributed by atoms with E-state index in [9.17, 15) is 5.11 Å². The molecule has 3 nitrogen and oxygen atoms in total. The van der Waals surface area contributed by atoms with E-state index >= 15 is 0 Å². The first-order chi connectivity index (χ1) is 14.5. The van der Waals surface area contributed by atoms with Gasteiger partial charge in [-0.15, -0.1) is 0 Å². The number of aliphatic hydroxyl groups is 1. The molecule has 0 heterocycles. The predicted molar refractivity (Wildman–Crippen MR) is 124 cm³/mol. The minimum absolute atomic E-state index is 0.160. The molecule has 2 aromatic rings. The van der Waals surface area contributed by atoms with Crippen LogP contribution in [0.15, 0.2) is 54.6 Å². The first-order valence-electron chi connectivity index (χ1n) is 11.6. The smallest absolute Gasteiger partial charge is 0.0938 e. The molecule has 1 fully saturated rings. The van der Waals surface area contributed by atoms with Crippen LogP contribution in [0.1, 0.15) is 62.1 Å². The van der Waals surface area contributed by atoms with Gasteiger partial charge in [-0.25, -0.2) is 0 Å². The van der Waals surface area contributed by atoms with E-state index in [2.05, 4.69) is 74.4 Å². The maximum atomic E-state index is 11.8. The Bertz CT molecular complexity index is 743. The Morgan fingerprint density at radius 1 is 1.00 bits per heavy atom. The van der Waals surface area contributed by atoms with Crippen LogP contribution in [0.25, 0.3) is 0 Å². The number of rotatable bonds is 10. The summed E-state index contributed by atoms with van der Waals surface area (Å²) in [5.41, 5.74) is 2.87. The molecular weight excluding hydrogens is 370 g/mol. The van der Waals surface area contributed by atoms with Crippen LogP contribution < -0.4 is 0 Å². The summed E-state index contributed by atoms with van der Waals surface area (Å²) < 4.78 is 6.25. The number of unbranched alkanes of at least 4 members (excludes halogenated alkanes) is 2. The molecule has 0 aromatic heterocycles. The van der Waals surface area contributed by atoms with E-state index in [0.29, 0.717) is 6.61 Å². The van der Waals surface area contributed by atoms with Crippen molar-refractivity contribution in [1.29, 1.82) is 0 Å². The fourth-order valence-corrected chi connectivity index (χ4v) is 4.74. The summed E-state index contributed by atoms with van der Waals surface area (Å²) in [4.78, 5) is 2.19. The Labute approximate surface area is 183 Å². The second kappa shape index (κ2) is 11.1. The number of nitrogens with zero attached hydrogens (tertiary/aromatic N) is 1. The van der Waals surface area contributed by atoms with Crippen molar-refractivity contribution in [2.24, 2.45) is 5.92 Å². The summed E-state index contributed by atoms with van der Waals surface area (Å²) in [5, 5.41) is 11.8. The maximum absolute atomic E-state index is 11.8. The van der Waals surface area contributed by atoms with Crippen LogP contribution in [0.4, 0.5) is 0 Å². The van der Waals surface area contributed by atoms with Gasteiger partial charge in [0.15, 0.2) is 0 Å². The van der Waals surface area contributed by atoms with Gasteiger partial charge < -0.3 is 14.7 Å². The monoisotopic (exact) mass is 409 g/mol. The van der Waals surface area contributed by atoms with E-state index in [0.717, 1.165) is 37.8 Å². The molecule has 3 rings (SSSR count). The second-order valence-electron chi connectivity index (χ2n) is 9.23. The van der Waals surface area contributed by atoms with Crippen LogP contribution in [-0.4, -0.2) is 36.8 Å². The Hall–Kier alpha value is -1.68. The van der Waals surface area contributed by atoms with E-state index < -0.39 is 5.60 Å². The average molecular weight is 410 g/mol. The molecule has 0 amide bonds. The third kappa shape index (κ3) is 6.16. The van der Waals surface area contributed by atoms with Gasteiger partial charge in [0.25, 0.3) is 0 Å². The lowest BCUT2D eigenvalue weighted by molar-refractivity contribution is -0.110.